The van der Waals surface area contributed by atoms with E-state index in [2.05, 4.69) is 21.9 Å². The van der Waals surface area contributed by atoms with Gasteiger partial charge in [0.2, 0.25) is 5.91 Å². The van der Waals surface area contributed by atoms with Crippen LogP contribution in [0.1, 0.15) is 12.8 Å². The fourth-order valence-electron chi connectivity index (χ4n) is 1.06. The SMILES string of the molecule is C#CCN(CC1CC1)C(=O)CBr. The van der Waals surface area contributed by atoms with Crippen molar-refractivity contribution in [1.82, 2.24) is 4.90 Å². The molecule has 2 nitrogen and oxygen atoms in total. The summed E-state index contributed by atoms with van der Waals surface area (Å²) in [5.74, 6) is 3.31. The van der Waals surface area contributed by atoms with Crippen LogP contribution in [-0.2, 0) is 4.79 Å². The van der Waals surface area contributed by atoms with Gasteiger partial charge in [0.05, 0.1) is 11.9 Å². The van der Waals surface area contributed by atoms with E-state index in [1.807, 2.05) is 0 Å². The first-order valence-electron chi connectivity index (χ1n) is 4.05. The van der Waals surface area contributed by atoms with E-state index in [-0.39, 0.29) is 5.91 Å². The van der Waals surface area contributed by atoms with Gasteiger partial charge in [0, 0.05) is 6.54 Å². The average Bonchev–Trinajstić information content (AvgIpc) is 2.86. The van der Waals surface area contributed by atoms with Gasteiger partial charge >= 0.3 is 0 Å². The Labute approximate surface area is 81.4 Å². The molecule has 0 bridgehead atoms. The highest BCUT2D eigenvalue weighted by Crippen LogP contribution is 2.29. The number of halogens is 1. The number of amides is 1. The van der Waals surface area contributed by atoms with Crippen LogP contribution in [0, 0.1) is 18.3 Å². The Hall–Kier alpha value is -0.490. The Morgan fingerprint density at radius 3 is 2.75 bits per heavy atom. The highest BCUT2D eigenvalue weighted by Gasteiger charge is 2.25. The molecule has 0 spiro atoms. The average molecular weight is 230 g/mol. The molecule has 0 heterocycles. The van der Waals surface area contributed by atoms with Crippen LogP contribution >= 0.6 is 15.9 Å². The van der Waals surface area contributed by atoms with Gasteiger partial charge in [0.1, 0.15) is 0 Å². The highest BCUT2D eigenvalue weighted by atomic mass is 79.9. The maximum Gasteiger partial charge on any atom is 0.234 e. The third-order valence-electron chi connectivity index (χ3n) is 1.92. The first kappa shape index (κ1) is 9.60. The number of hydrogen-bond acceptors (Lipinski definition) is 1. The zero-order valence-corrected chi connectivity index (χ0v) is 8.51. The molecule has 0 N–H and O–H groups in total. The Bertz CT molecular complexity index is 205. The minimum Gasteiger partial charge on any atom is -0.331 e. The summed E-state index contributed by atoms with van der Waals surface area (Å²) in [7, 11) is 0. The molecule has 1 saturated carbocycles. The molecule has 66 valence electrons. The van der Waals surface area contributed by atoms with Gasteiger partial charge in [0.25, 0.3) is 0 Å². The molecule has 1 aliphatic carbocycles. The molecule has 0 aliphatic heterocycles. The Kier molecular flexibility index (Phi) is 3.61. The third kappa shape index (κ3) is 2.86. The predicted octanol–water partition coefficient (Wildman–Crippen LogP) is 1.25. The molecule has 0 aromatic carbocycles. The molecule has 0 saturated heterocycles. The standard InChI is InChI=1S/C9H12BrNO/c1-2-5-11(9(12)6-10)7-8-3-4-8/h1,8H,3-7H2. The van der Waals surface area contributed by atoms with E-state index < -0.39 is 0 Å². The summed E-state index contributed by atoms with van der Waals surface area (Å²) in [5.41, 5.74) is 0. The van der Waals surface area contributed by atoms with Gasteiger partial charge in [-0.1, -0.05) is 21.9 Å². The number of terminal acetylenes is 1. The van der Waals surface area contributed by atoms with Crippen molar-refractivity contribution in [3.05, 3.63) is 0 Å². The van der Waals surface area contributed by atoms with Crippen molar-refractivity contribution in [3.8, 4) is 12.3 Å². The van der Waals surface area contributed by atoms with Crippen LogP contribution in [-0.4, -0.2) is 29.2 Å². The lowest BCUT2D eigenvalue weighted by molar-refractivity contribution is -0.127. The van der Waals surface area contributed by atoms with Crippen molar-refractivity contribution in [2.45, 2.75) is 12.8 Å². The van der Waals surface area contributed by atoms with Crippen LogP contribution in [0.5, 0.6) is 0 Å². The van der Waals surface area contributed by atoms with E-state index >= 15 is 0 Å². The van der Waals surface area contributed by atoms with Crippen LogP contribution in [0.25, 0.3) is 0 Å². The van der Waals surface area contributed by atoms with Gasteiger partial charge < -0.3 is 4.90 Å². The van der Waals surface area contributed by atoms with Gasteiger partial charge in [-0.05, 0) is 18.8 Å². The highest BCUT2D eigenvalue weighted by molar-refractivity contribution is 9.09. The van der Waals surface area contributed by atoms with Crippen LogP contribution < -0.4 is 0 Å². The molecule has 1 amide bonds. The van der Waals surface area contributed by atoms with E-state index in [1.54, 1.807) is 4.90 Å². The zero-order chi connectivity index (χ0) is 8.97. The van der Waals surface area contributed by atoms with Gasteiger partial charge in [-0.3, -0.25) is 4.79 Å². The van der Waals surface area contributed by atoms with E-state index in [0.717, 1.165) is 6.54 Å². The quantitative estimate of drug-likeness (QED) is 0.525. The normalized spacial score (nSPS) is 15.3. The maximum absolute atomic E-state index is 11.2. The second-order valence-electron chi connectivity index (χ2n) is 3.06. The monoisotopic (exact) mass is 229 g/mol. The second-order valence-corrected chi connectivity index (χ2v) is 3.62. The van der Waals surface area contributed by atoms with Crippen molar-refractivity contribution in [2.75, 3.05) is 18.4 Å². The summed E-state index contributed by atoms with van der Waals surface area (Å²) < 4.78 is 0. The van der Waals surface area contributed by atoms with E-state index in [0.29, 0.717) is 17.8 Å². The minimum absolute atomic E-state index is 0.0971. The first-order chi connectivity index (χ1) is 5.77. The predicted molar refractivity (Wildman–Crippen MR) is 51.9 cm³/mol. The van der Waals surface area contributed by atoms with Gasteiger partial charge in [-0.2, -0.15) is 0 Å². The first-order valence-corrected chi connectivity index (χ1v) is 5.17. The molecule has 1 aliphatic rings. The fraction of sp³-hybridized carbons (Fsp3) is 0.667. The van der Waals surface area contributed by atoms with Gasteiger partial charge in [-0.15, -0.1) is 6.42 Å². The fourth-order valence-corrected chi connectivity index (χ4v) is 1.42. The molecule has 3 heteroatoms. The second kappa shape index (κ2) is 4.51. The molecule has 0 aromatic heterocycles. The lowest BCUT2D eigenvalue weighted by atomic mass is 10.3. The van der Waals surface area contributed by atoms with E-state index in [9.17, 15) is 4.79 Å². The Balaban J connectivity index is 2.36. The van der Waals surface area contributed by atoms with Gasteiger partial charge in [-0.25, -0.2) is 0 Å². The Morgan fingerprint density at radius 1 is 1.67 bits per heavy atom. The smallest absolute Gasteiger partial charge is 0.234 e. The molecular formula is C9H12BrNO. The molecule has 1 fully saturated rings. The van der Waals surface area contributed by atoms with Crippen LogP contribution in [0.2, 0.25) is 0 Å². The number of carbonyl (C=O) groups excluding carboxylic acids is 1. The molecule has 0 radical (unpaired) electrons. The van der Waals surface area contributed by atoms with Crippen molar-refractivity contribution in [2.24, 2.45) is 5.92 Å². The number of nitrogens with zero attached hydrogens (tertiary/aromatic N) is 1. The molecular weight excluding hydrogens is 218 g/mol. The van der Waals surface area contributed by atoms with Crippen molar-refractivity contribution >= 4 is 21.8 Å². The van der Waals surface area contributed by atoms with Crippen molar-refractivity contribution in [1.29, 1.82) is 0 Å². The van der Waals surface area contributed by atoms with E-state index in [1.165, 1.54) is 12.8 Å². The number of carbonyl (C=O) groups is 1. The minimum atomic E-state index is 0.0971. The maximum atomic E-state index is 11.2. The van der Waals surface area contributed by atoms with Crippen molar-refractivity contribution < 1.29 is 4.79 Å². The van der Waals surface area contributed by atoms with Crippen molar-refractivity contribution in [3.63, 3.8) is 0 Å². The number of alkyl halides is 1. The summed E-state index contributed by atoms with van der Waals surface area (Å²) in [6.45, 7) is 1.29. The third-order valence-corrected chi connectivity index (χ3v) is 2.40. The molecule has 12 heavy (non-hydrogen) atoms. The molecule has 1 rings (SSSR count). The van der Waals surface area contributed by atoms with Crippen LogP contribution in [0.3, 0.4) is 0 Å². The zero-order valence-electron chi connectivity index (χ0n) is 6.92. The lowest BCUT2D eigenvalue weighted by Gasteiger charge is -2.18. The van der Waals surface area contributed by atoms with Crippen LogP contribution in [0.15, 0.2) is 0 Å². The summed E-state index contributed by atoms with van der Waals surface area (Å²) in [6, 6.07) is 0. The molecule has 0 aromatic rings. The summed E-state index contributed by atoms with van der Waals surface area (Å²) >= 11 is 3.14. The van der Waals surface area contributed by atoms with E-state index in [4.69, 9.17) is 6.42 Å². The largest absolute Gasteiger partial charge is 0.331 e. The number of hydrogen-bond donors (Lipinski definition) is 0. The summed E-state index contributed by atoms with van der Waals surface area (Å²) in [6.07, 6.45) is 7.65. The number of rotatable bonds is 4. The molecule has 0 unspecified atom stereocenters. The van der Waals surface area contributed by atoms with Crippen LogP contribution in [0.4, 0.5) is 0 Å². The Morgan fingerprint density at radius 2 is 2.33 bits per heavy atom. The molecule has 0 atom stereocenters. The van der Waals surface area contributed by atoms with Gasteiger partial charge in [0.15, 0.2) is 0 Å². The summed E-state index contributed by atoms with van der Waals surface area (Å²) in [5, 5.41) is 0.376. The summed E-state index contributed by atoms with van der Waals surface area (Å²) in [4.78, 5) is 13.0. The lowest BCUT2D eigenvalue weighted by Crippen LogP contribution is -2.33. The topological polar surface area (TPSA) is 20.3 Å².